The normalized spacial score (nSPS) is 10.6. The standard InChI is InChI=1S/C8H7ClN2OS/c1-12-5-2-4(10)3-6-7(5)11-8(9)13-6/h2-3H,10H2,1H3. The zero-order chi connectivity index (χ0) is 9.42. The van der Waals surface area contributed by atoms with Crippen LogP contribution >= 0.6 is 22.9 Å². The number of methoxy groups -OCH3 is 1. The van der Waals surface area contributed by atoms with Gasteiger partial charge < -0.3 is 10.5 Å². The molecule has 2 N–H and O–H groups in total. The monoisotopic (exact) mass is 214 g/mol. The molecule has 5 heteroatoms. The summed E-state index contributed by atoms with van der Waals surface area (Å²) in [5, 5.41) is 0. The van der Waals surface area contributed by atoms with E-state index in [1.54, 1.807) is 13.2 Å². The van der Waals surface area contributed by atoms with Gasteiger partial charge in [0.15, 0.2) is 4.47 Å². The van der Waals surface area contributed by atoms with E-state index in [4.69, 9.17) is 22.1 Å². The SMILES string of the molecule is COc1cc(N)cc2sc(Cl)nc12. The first-order valence-corrected chi connectivity index (χ1v) is 4.79. The van der Waals surface area contributed by atoms with Crippen molar-refractivity contribution in [3.8, 4) is 5.75 Å². The molecule has 0 aliphatic carbocycles. The summed E-state index contributed by atoms with van der Waals surface area (Å²) >= 11 is 7.17. The second kappa shape index (κ2) is 3.05. The lowest BCUT2D eigenvalue weighted by Gasteiger charge is -2.01. The van der Waals surface area contributed by atoms with Gasteiger partial charge in [0.2, 0.25) is 0 Å². The van der Waals surface area contributed by atoms with Gasteiger partial charge in [-0.05, 0) is 6.07 Å². The molecule has 2 aromatic rings. The first kappa shape index (κ1) is 8.59. The van der Waals surface area contributed by atoms with E-state index < -0.39 is 0 Å². The molecule has 0 atom stereocenters. The summed E-state index contributed by atoms with van der Waals surface area (Å²) in [6.07, 6.45) is 0. The van der Waals surface area contributed by atoms with E-state index in [2.05, 4.69) is 4.98 Å². The fourth-order valence-electron chi connectivity index (χ4n) is 1.15. The van der Waals surface area contributed by atoms with Crippen molar-refractivity contribution in [3.05, 3.63) is 16.6 Å². The van der Waals surface area contributed by atoms with Gasteiger partial charge in [-0.1, -0.05) is 11.6 Å². The maximum atomic E-state index is 5.78. The van der Waals surface area contributed by atoms with Gasteiger partial charge in [0.05, 0.1) is 11.8 Å². The summed E-state index contributed by atoms with van der Waals surface area (Å²) in [6, 6.07) is 3.57. The first-order chi connectivity index (χ1) is 6.20. The van der Waals surface area contributed by atoms with Gasteiger partial charge in [-0.25, -0.2) is 4.98 Å². The van der Waals surface area contributed by atoms with Crippen molar-refractivity contribution in [3.63, 3.8) is 0 Å². The van der Waals surface area contributed by atoms with E-state index >= 15 is 0 Å². The van der Waals surface area contributed by atoms with Gasteiger partial charge in [0.1, 0.15) is 11.3 Å². The molecule has 2 rings (SSSR count). The van der Waals surface area contributed by atoms with Crippen molar-refractivity contribution < 1.29 is 4.74 Å². The van der Waals surface area contributed by atoms with Crippen LogP contribution in [-0.2, 0) is 0 Å². The lowest BCUT2D eigenvalue weighted by Crippen LogP contribution is -1.88. The average molecular weight is 215 g/mol. The van der Waals surface area contributed by atoms with E-state index in [1.165, 1.54) is 11.3 Å². The van der Waals surface area contributed by atoms with Crippen LogP contribution in [-0.4, -0.2) is 12.1 Å². The van der Waals surface area contributed by atoms with E-state index in [9.17, 15) is 0 Å². The molecule has 3 nitrogen and oxygen atoms in total. The predicted molar refractivity (Wildman–Crippen MR) is 55.6 cm³/mol. The molecule has 1 aromatic carbocycles. The minimum atomic E-state index is 0.499. The molecule has 1 heterocycles. The van der Waals surface area contributed by atoms with Gasteiger partial charge in [0, 0.05) is 11.8 Å². The molecule has 0 fully saturated rings. The third kappa shape index (κ3) is 1.43. The molecule has 13 heavy (non-hydrogen) atoms. The van der Waals surface area contributed by atoms with E-state index in [0.29, 0.717) is 15.9 Å². The maximum absolute atomic E-state index is 5.78. The van der Waals surface area contributed by atoms with Crippen LogP contribution in [0, 0.1) is 0 Å². The number of fused-ring (bicyclic) bond motifs is 1. The summed E-state index contributed by atoms with van der Waals surface area (Å²) in [6.45, 7) is 0. The highest BCUT2D eigenvalue weighted by molar-refractivity contribution is 7.22. The number of halogens is 1. The number of hydrogen-bond donors (Lipinski definition) is 1. The number of hydrogen-bond acceptors (Lipinski definition) is 4. The number of anilines is 1. The Balaban J connectivity index is 2.80. The molecular formula is C8H7ClN2OS. The Labute approximate surface area is 84.1 Å². The van der Waals surface area contributed by atoms with Crippen molar-refractivity contribution in [2.75, 3.05) is 12.8 Å². The molecule has 0 bridgehead atoms. The molecule has 0 unspecified atom stereocenters. The maximum Gasteiger partial charge on any atom is 0.184 e. The summed E-state index contributed by atoms with van der Waals surface area (Å²) in [5.74, 6) is 0.665. The number of aromatic nitrogens is 1. The van der Waals surface area contributed by atoms with E-state index in [0.717, 1.165) is 10.2 Å². The number of thiazole rings is 1. The minimum Gasteiger partial charge on any atom is -0.494 e. The Morgan fingerprint density at radius 2 is 2.31 bits per heavy atom. The third-order valence-corrected chi connectivity index (χ3v) is 2.78. The van der Waals surface area contributed by atoms with Crippen LogP contribution in [0.2, 0.25) is 4.47 Å². The Kier molecular flexibility index (Phi) is 2.01. The summed E-state index contributed by atoms with van der Waals surface area (Å²) < 4.78 is 6.57. The Morgan fingerprint density at radius 3 is 3.00 bits per heavy atom. The predicted octanol–water partition coefficient (Wildman–Crippen LogP) is 2.54. The molecule has 0 aliphatic rings. The second-order valence-electron chi connectivity index (χ2n) is 2.54. The Hall–Kier alpha value is -1.00. The molecule has 0 saturated heterocycles. The van der Waals surface area contributed by atoms with Gasteiger partial charge >= 0.3 is 0 Å². The van der Waals surface area contributed by atoms with E-state index in [-0.39, 0.29) is 0 Å². The van der Waals surface area contributed by atoms with Crippen molar-refractivity contribution >= 4 is 38.8 Å². The van der Waals surface area contributed by atoms with Crippen LogP contribution in [0.5, 0.6) is 5.75 Å². The fraction of sp³-hybridized carbons (Fsp3) is 0.125. The van der Waals surface area contributed by atoms with Gasteiger partial charge in [-0.2, -0.15) is 0 Å². The lowest BCUT2D eigenvalue weighted by atomic mass is 10.3. The number of nitrogens with zero attached hydrogens (tertiary/aromatic N) is 1. The minimum absolute atomic E-state index is 0.499. The van der Waals surface area contributed by atoms with Gasteiger partial charge in [-0.15, -0.1) is 11.3 Å². The third-order valence-electron chi connectivity index (χ3n) is 1.68. The summed E-state index contributed by atoms with van der Waals surface area (Å²) in [7, 11) is 1.58. The van der Waals surface area contributed by atoms with Crippen LogP contribution in [0.4, 0.5) is 5.69 Å². The second-order valence-corrected chi connectivity index (χ2v) is 4.15. The van der Waals surface area contributed by atoms with Crippen LogP contribution in [0.15, 0.2) is 12.1 Å². The van der Waals surface area contributed by atoms with Crippen LogP contribution in [0.3, 0.4) is 0 Å². The zero-order valence-electron chi connectivity index (χ0n) is 6.87. The molecule has 0 radical (unpaired) electrons. The first-order valence-electron chi connectivity index (χ1n) is 3.60. The molecular weight excluding hydrogens is 208 g/mol. The van der Waals surface area contributed by atoms with Gasteiger partial charge in [0.25, 0.3) is 0 Å². The van der Waals surface area contributed by atoms with Crippen LogP contribution in [0.25, 0.3) is 10.2 Å². The topological polar surface area (TPSA) is 48.1 Å². The lowest BCUT2D eigenvalue weighted by molar-refractivity contribution is 0.419. The fourth-order valence-corrected chi connectivity index (χ4v) is 2.24. The zero-order valence-corrected chi connectivity index (χ0v) is 8.45. The quantitative estimate of drug-likeness (QED) is 0.743. The van der Waals surface area contributed by atoms with Crippen molar-refractivity contribution in [1.82, 2.24) is 4.98 Å². The molecule has 0 amide bonds. The number of ether oxygens (including phenoxy) is 1. The van der Waals surface area contributed by atoms with E-state index in [1.807, 2.05) is 6.07 Å². The molecule has 0 aliphatic heterocycles. The highest BCUT2D eigenvalue weighted by Gasteiger charge is 2.08. The molecule has 68 valence electrons. The number of nitrogen functional groups attached to an aromatic ring is 1. The highest BCUT2D eigenvalue weighted by atomic mass is 35.5. The van der Waals surface area contributed by atoms with Crippen LogP contribution < -0.4 is 10.5 Å². The van der Waals surface area contributed by atoms with Crippen LogP contribution in [0.1, 0.15) is 0 Å². The van der Waals surface area contributed by atoms with Crippen molar-refractivity contribution in [1.29, 1.82) is 0 Å². The largest absolute Gasteiger partial charge is 0.494 e. The number of rotatable bonds is 1. The Bertz CT molecular complexity index is 455. The average Bonchev–Trinajstić information content (AvgIpc) is 2.43. The highest BCUT2D eigenvalue weighted by Crippen LogP contribution is 2.33. The van der Waals surface area contributed by atoms with Crippen molar-refractivity contribution in [2.24, 2.45) is 0 Å². The van der Waals surface area contributed by atoms with Crippen molar-refractivity contribution in [2.45, 2.75) is 0 Å². The number of benzene rings is 1. The summed E-state index contributed by atoms with van der Waals surface area (Å²) in [5.41, 5.74) is 7.09. The smallest absolute Gasteiger partial charge is 0.184 e. The molecule has 0 spiro atoms. The Morgan fingerprint density at radius 1 is 1.54 bits per heavy atom. The summed E-state index contributed by atoms with van der Waals surface area (Å²) in [4.78, 5) is 4.13. The number of nitrogens with two attached hydrogens (primary N) is 1. The molecule has 1 aromatic heterocycles. The molecule has 0 saturated carbocycles. The van der Waals surface area contributed by atoms with Gasteiger partial charge in [-0.3, -0.25) is 0 Å².